The average molecular weight is 644 g/mol. The third-order valence-corrected chi connectivity index (χ3v) is 7.81. The number of hydroxylamine groups is 2. The molecule has 35 heavy (non-hydrogen) atoms. The second kappa shape index (κ2) is 12.2. The molecule has 1 N–H and O–H groups in total. The Bertz CT molecular complexity index is 1170. The Labute approximate surface area is 228 Å². The van der Waals surface area contributed by atoms with E-state index in [1.54, 1.807) is 43.7 Å². The lowest BCUT2D eigenvalue weighted by Crippen LogP contribution is -2.49. The lowest BCUT2D eigenvalue weighted by atomic mass is 10.1. The van der Waals surface area contributed by atoms with Crippen molar-refractivity contribution in [3.05, 3.63) is 77.5 Å². The smallest absolute Gasteiger partial charge is 0.407 e. The molecule has 186 valence electrons. The van der Waals surface area contributed by atoms with Crippen LogP contribution in [0.3, 0.4) is 0 Å². The molecule has 0 saturated heterocycles. The summed E-state index contributed by atoms with van der Waals surface area (Å²) in [5, 5.41) is 7.29. The Kier molecular flexibility index (Phi) is 9.51. The van der Waals surface area contributed by atoms with Crippen LogP contribution < -0.4 is 5.32 Å². The Balaban J connectivity index is 1.91. The summed E-state index contributed by atoms with van der Waals surface area (Å²) >= 11 is 9.11. The monoisotopic (exact) mass is 642 g/mol. The summed E-state index contributed by atoms with van der Waals surface area (Å²) in [5.74, 6) is -1.16. The Morgan fingerprint density at radius 3 is 2.14 bits per heavy atom. The highest BCUT2D eigenvalue weighted by Crippen LogP contribution is 2.25. The molecule has 1 aromatic carbocycles. The first-order valence-electron chi connectivity index (χ1n) is 10.6. The average Bonchev–Trinajstić information content (AvgIpc) is 3.42. The summed E-state index contributed by atoms with van der Waals surface area (Å²) in [7, 11) is 0. The molecule has 0 fully saturated rings. The van der Waals surface area contributed by atoms with Crippen LogP contribution >= 0.6 is 54.5 Å². The van der Waals surface area contributed by atoms with Crippen molar-refractivity contribution in [1.82, 2.24) is 10.4 Å². The van der Waals surface area contributed by atoms with E-state index < -0.39 is 29.6 Å². The maximum absolute atomic E-state index is 13.5. The van der Waals surface area contributed by atoms with Crippen LogP contribution in [0.25, 0.3) is 0 Å². The second-order valence-electron chi connectivity index (χ2n) is 8.49. The van der Waals surface area contributed by atoms with Crippen LogP contribution in [0.1, 0.15) is 45.7 Å². The molecule has 2 heterocycles. The van der Waals surface area contributed by atoms with Gasteiger partial charge in [-0.25, -0.2) is 9.59 Å². The van der Waals surface area contributed by atoms with Gasteiger partial charge in [0.25, 0.3) is 5.91 Å². The van der Waals surface area contributed by atoms with Gasteiger partial charge in [0.2, 0.25) is 0 Å². The zero-order valence-corrected chi connectivity index (χ0v) is 24.1. The minimum atomic E-state index is -0.703. The number of amides is 2. The molecule has 0 spiro atoms. The number of alkyl carbamates (subject to hydrolysis) is 1. The zero-order chi connectivity index (χ0) is 25.6. The summed E-state index contributed by atoms with van der Waals surface area (Å²) in [4.78, 5) is 45.2. The van der Waals surface area contributed by atoms with Crippen molar-refractivity contribution in [3.8, 4) is 0 Å². The van der Waals surface area contributed by atoms with Gasteiger partial charge in [-0.3, -0.25) is 4.79 Å². The molecular formula is C24H24Br2N2O5S2. The number of hydrogen-bond donors (Lipinski definition) is 1. The van der Waals surface area contributed by atoms with E-state index in [2.05, 4.69) is 37.2 Å². The highest BCUT2D eigenvalue weighted by Gasteiger charge is 2.32. The molecule has 0 radical (unpaired) electrons. The number of carbonyl (C=O) groups excluding carboxylic acids is 3. The molecule has 11 heteroatoms. The van der Waals surface area contributed by atoms with E-state index in [0.717, 1.165) is 19.6 Å². The van der Waals surface area contributed by atoms with Gasteiger partial charge in [-0.2, -0.15) is 5.06 Å². The molecule has 0 saturated carbocycles. The van der Waals surface area contributed by atoms with E-state index in [1.807, 2.05) is 30.3 Å². The predicted octanol–water partition coefficient (Wildman–Crippen LogP) is 6.68. The van der Waals surface area contributed by atoms with E-state index in [1.165, 1.54) is 22.7 Å². The normalized spacial score (nSPS) is 12.0. The summed E-state index contributed by atoms with van der Waals surface area (Å²) in [6, 6.07) is 12.0. The van der Waals surface area contributed by atoms with Crippen LogP contribution in [0, 0.1) is 0 Å². The lowest BCUT2D eigenvalue weighted by molar-refractivity contribution is -0.104. The number of thiophene rings is 2. The van der Waals surface area contributed by atoms with Crippen molar-refractivity contribution in [2.45, 2.75) is 38.8 Å². The first kappa shape index (κ1) is 27.4. The van der Waals surface area contributed by atoms with Crippen LogP contribution in [0.15, 0.2) is 62.2 Å². The van der Waals surface area contributed by atoms with Gasteiger partial charge in [-0.05, 0) is 76.7 Å². The topological polar surface area (TPSA) is 84.9 Å². The van der Waals surface area contributed by atoms with Gasteiger partial charge in [0.05, 0.1) is 10.9 Å². The van der Waals surface area contributed by atoms with Crippen LogP contribution in [0.5, 0.6) is 0 Å². The second-order valence-corrected chi connectivity index (χ2v) is 12.1. The zero-order valence-electron chi connectivity index (χ0n) is 19.2. The van der Waals surface area contributed by atoms with Gasteiger partial charge in [-0.1, -0.05) is 30.3 Å². The largest absolute Gasteiger partial charge is 0.444 e. The predicted molar refractivity (Wildman–Crippen MR) is 144 cm³/mol. The van der Waals surface area contributed by atoms with Crippen LogP contribution in [-0.4, -0.2) is 41.2 Å². The third kappa shape index (κ3) is 8.45. The highest BCUT2D eigenvalue weighted by atomic mass is 79.9. The summed E-state index contributed by atoms with van der Waals surface area (Å²) < 4.78 is 6.83. The highest BCUT2D eigenvalue weighted by molar-refractivity contribution is 9.10. The van der Waals surface area contributed by atoms with Crippen LogP contribution in [-0.2, 0) is 16.0 Å². The SMILES string of the molecule is CC(C)(C)OC(=O)NC[C@@H](Cc1ccccc1)N(OC(=O)c1cc(Br)cs1)C(=O)c1cc(Br)cs1. The van der Waals surface area contributed by atoms with E-state index >= 15 is 0 Å². The maximum atomic E-state index is 13.5. The molecule has 2 amide bonds. The summed E-state index contributed by atoms with van der Waals surface area (Å²) in [5.41, 5.74) is 0.222. The van der Waals surface area contributed by atoms with Crippen molar-refractivity contribution in [3.63, 3.8) is 0 Å². The molecule has 3 rings (SSSR count). The molecule has 0 aliphatic heterocycles. The molecule has 3 aromatic rings. The fraction of sp³-hybridized carbons (Fsp3) is 0.292. The summed E-state index contributed by atoms with van der Waals surface area (Å²) in [6.07, 6.45) is -0.300. The molecular weight excluding hydrogens is 620 g/mol. The number of benzene rings is 1. The molecule has 2 aromatic heterocycles. The van der Waals surface area contributed by atoms with Crippen molar-refractivity contribution >= 4 is 72.5 Å². The van der Waals surface area contributed by atoms with Crippen LogP contribution in [0.2, 0.25) is 0 Å². The summed E-state index contributed by atoms with van der Waals surface area (Å²) in [6.45, 7) is 5.29. The molecule has 0 unspecified atom stereocenters. The Morgan fingerprint density at radius 1 is 1.00 bits per heavy atom. The molecule has 7 nitrogen and oxygen atoms in total. The van der Waals surface area contributed by atoms with Crippen molar-refractivity contribution in [2.24, 2.45) is 0 Å². The van der Waals surface area contributed by atoms with Crippen molar-refractivity contribution in [1.29, 1.82) is 0 Å². The number of nitrogens with zero attached hydrogens (tertiary/aromatic N) is 1. The molecule has 1 atom stereocenters. The maximum Gasteiger partial charge on any atom is 0.407 e. The Hall–Kier alpha value is -2.21. The lowest BCUT2D eigenvalue weighted by Gasteiger charge is -2.30. The molecule has 0 bridgehead atoms. The number of halogens is 2. The number of rotatable bonds is 7. The van der Waals surface area contributed by atoms with Crippen LogP contribution in [0.4, 0.5) is 4.79 Å². The van der Waals surface area contributed by atoms with Gasteiger partial charge in [0.15, 0.2) is 0 Å². The van der Waals surface area contributed by atoms with E-state index in [4.69, 9.17) is 9.57 Å². The Morgan fingerprint density at radius 2 is 1.60 bits per heavy atom. The molecule has 0 aliphatic rings. The van der Waals surface area contributed by atoms with Gasteiger partial charge in [-0.15, -0.1) is 22.7 Å². The number of nitrogens with one attached hydrogen (secondary N) is 1. The first-order valence-corrected chi connectivity index (χ1v) is 13.9. The van der Waals surface area contributed by atoms with Gasteiger partial charge >= 0.3 is 12.1 Å². The number of hydrogen-bond acceptors (Lipinski definition) is 7. The van der Waals surface area contributed by atoms with Gasteiger partial charge < -0.3 is 14.9 Å². The minimum absolute atomic E-state index is 0.00348. The van der Waals surface area contributed by atoms with E-state index in [0.29, 0.717) is 16.2 Å². The fourth-order valence-electron chi connectivity index (χ4n) is 3.01. The third-order valence-electron chi connectivity index (χ3n) is 4.46. The van der Waals surface area contributed by atoms with Gasteiger partial charge in [0.1, 0.15) is 10.5 Å². The van der Waals surface area contributed by atoms with E-state index in [9.17, 15) is 14.4 Å². The van der Waals surface area contributed by atoms with Gasteiger partial charge in [0, 0.05) is 26.3 Å². The number of carbonyl (C=O) groups is 3. The quantitative estimate of drug-likeness (QED) is 0.290. The number of ether oxygens (including phenoxy) is 1. The van der Waals surface area contributed by atoms with Crippen molar-refractivity contribution < 1.29 is 24.0 Å². The fourth-order valence-corrected chi connectivity index (χ4v) is 5.66. The first-order chi connectivity index (χ1) is 16.5. The standard InChI is InChI=1S/C24H24Br2N2O5S2/c1-24(2,3)32-23(31)27-12-18(9-15-7-5-4-6-8-15)28(21(29)19-10-16(25)13-34-19)33-22(30)20-11-17(26)14-35-20/h4-8,10-11,13-14,18H,9,12H2,1-3H3,(H,27,31)/t18-/m1/s1. The van der Waals surface area contributed by atoms with E-state index in [-0.39, 0.29) is 6.54 Å². The van der Waals surface area contributed by atoms with Crippen molar-refractivity contribution in [2.75, 3.05) is 6.54 Å². The molecule has 0 aliphatic carbocycles. The minimum Gasteiger partial charge on any atom is -0.444 e.